The zero-order valence-electron chi connectivity index (χ0n) is 5.81. The molecule has 0 aromatic rings. The van der Waals surface area contributed by atoms with Gasteiger partial charge < -0.3 is 0 Å². The summed E-state index contributed by atoms with van der Waals surface area (Å²) >= 11 is 2.39. The van der Waals surface area contributed by atoms with Crippen molar-refractivity contribution in [3.05, 3.63) is 0 Å². The third-order valence-corrected chi connectivity index (χ3v) is 2.37. The molecule has 1 aliphatic rings. The number of hydrogen-bond acceptors (Lipinski definition) is 2. The zero-order chi connectivity index (χ0) is 6.69. The summed E-state index contributed by atoms with van der Waals surface area (Å²) in [4.78, 5) is 2.36. The molecule has 9 heavy (non-hydrogen) atoms. The molecule has 0 atom stereocenters. The molecule has 1 aliphatic heterocycles. The molecule has 0 amide bonds. The van der Waals surface area contributed by atoms with E-state index in [9.17, 15) is 0 Å². The van der Waals surface area contributed by atoms with E-state index in [1.54, 1.807) is 0 Å². The van der Waals surface area contributed by atoms with Gasteiger partial charge in [-0.15, -0.1) is 0 Å². The van der Waals surface area contributed by atoms with Gasteiger partial charge in [0.2, 0.25) is 0 Å². The smallest absolute Gasteiger partial charge is 0.0596 e. The van der Waals surface area contributed by atoms with E-state index in [0.29, 0.717) is 0 Å². The summed E-state index contributed by atoms with van der Waals surface area (Å²) in [6, 6.07) is 0. The highest BCUT2D eigenvalue weighted by molar-refractivity contribution is 14.1. The topological polar surface area (TPSA) is 6.48 Å². The highest BCUT2D eigenvalue weighted by Gasteiger charge is 2.08. The summed E-state index contributed by atoms with van der Waals surface area (Å²) < 4.78 is 2.34. The van der Waals surface area contributed by atoms with Crippen LogP contribution in [-0.2, 0) is 0 Å². The fourth-order valence-electron chi connectivity index (χ4n) is 1.07. The molecule has 0 aromatic heterocycles. The molecule has 54 valence electrons. The predicted octanol–water partition coefficient (Wildman–Crippen LogP) is 1.32. The fourth-order valence-corrected chi connectivity index (χ4v) is 1.93. The first kappa shape index (κ1) is 7.75. The molecule has 0 unspecified atom stereocenters. The van der Waals surface area contributed by atoms with Crippen LogP contribution in [0.4, 0.5) is 0 Å². The van der Waals surface area contributed by atoms with Gasteiger partial charge in [-0.3, -0.25) is 4.90 Å². The second kappa shape index (κ2) is 3.73. The van der Waals surface area contributed by atoms with E-state index >= 15 is 0 Å². The van der Waals surface area contributed by atoms with Crippen molar-refractivity contribution in [2.75, 3.05) is 26.8 Å². The van der Waals surface area contributed by atoms with Crippen LogP contribution in [-0.4, -0.2) is 34.8 Å². The molecular weight excluding hydrogens is 227 g/mol. The van der Waals surface area contributed by atoms with Gasteiger partial charge in [0.1, 0.15) is 0 Å². The highest BCUT2D eigenvalue weighted by Crippen LogP contribution is 2.08. The van der Waals surface area contributed by atoms with E-state index < -0.39 is 0 Å². The first-order chi connectivity index (χ1) is 4.29. The largest absolute Gasteiger partial charge is 0.293 e. The Morgan fingerprint density at radius 2 is 1.89 bits per heavy atom. The van der Waals surface area contributed by atoms with Gasteiger partial charge in [-0.1, -0.05) is 0 Å². The molecule has 0 aromatic carbocycles. The third-order valence-electron chi connectivity index (χ3n) is 1.59. The zero-order valence-corrected chi connectivity index (χ0v) is 7.97. The van der Waals surface area contributed by atoms with Crippen LogP contribution in [0.3, 0.4) is 0 Å². The Morgan fingerprint density at radius 3 is 2.67 bits per heavy atom. The molecule has 0 bridgehead atoms. The van der Waals surface area contributed by atoms with Crippen molar-refractivity contribution in [1.29, 1.82) is 0 Å². The Morgan fingerprint density at radius 1 is 1.22 bits per heavy atom. The Hall–Kier alpha value is 0.650. The summed E-state index contributed by atoms with van der Waals surface area (Å²) in [5.74, 6) is 0. The maximum Gasteiger partial charge on any atom is 0.0596 e. The van der Waals surface area contributed by atoms with Crippen LogP contribution in [0.15, 0.2) is 0 Å². The van der Waals surface area contributed by atoms with Gasteiger partial charge in [-0.05, 0) is 26.4 Å². The molecule has 1 rings (SSSR count). The minimum atomic E-state index is 1.13. The maximum atomic E-state index is 2.39. The van der Waals surface area contributed by atoms with Crippen LogP contribution in [0, 0.1) is 0 Å². The van der Waals surface area contributed by atoms with Gasteiger partial charge in [-0.2, -0.15) is 0 Å². The molecule has 0 saturated carbocycles. The summed E-state index contributed by atoms with van der Waals surface area (Å²) in [6.45, 7) is 3.64. The Bertz CT molecular complexity index is 77.1. The van der Waals surface area contributed by atoms with Gasteiger partial charge in [0.05, 0.1) is 6.67 Å². The minimum Gasteiger partial charge on any atom is -0.293 e. The molecule has 0 radical (unpaired) electrons. The predicted molar refractivity (Wildman–Crippen MR) is 47.5 cm³/mol. The number of hydrogen-bond donors (Lipinski definition) is 0. The normalized spacial score (nSPS) is 26.0. The lowest BCUT2D eigenvalue weighted by molar-refractivity contribution is 0.287. The van der Waals surface area contributed by atoms with Gasteiger partial charge in [0.25, 0.3) is 0 Å². The quantitative estimate of drug-likeness (QED) is 0.465. The van der Waals surface area contributed by atoms with Gasteiger partial charge in [0, 0.05) is 29.4 Å². The Balaban J connectivity index is 2.29. The lowest BCUT2D eigenvalue weighted by Gasteiger charge is -2.16. The lowest BCUT2D eigenvalue weighted by atomic mass is 10.3. The van der Waals surface area contributed by atoms with Crippen molar-refractivity contribution in [3.8, 4) is 0 Å². The number of rotatable bonds is 0. The molecule has 0 spiro atoms. The third kappa shape index (κ3) is 2.82. The van der Waals surface area contributed by atoms with Crippen LogP contribution in [0.25, 0.3) is 0 Å². The van der Waals surface area contributed by atoms with Crippen LogP contribution in [0.2, 0.25) is 0 Å². The second-order valence-electron chi connectivity index (χ2n) is 2.61. The first-order valence-corrected chi connectivity index (χ1v) is 4.35. The van der Waals surface area contributed by atoms with Crippen molar-refractivity contribution in [2.45, 2.75) is 12.8 Å². The standard InChI is InChI=1S/C6H13IN2/c1-8-4-2-3-5-9(7)6-8/h2-6H2,1H3. The van der Waals surface area contributed by atoms with Crippen LogP contribution in [0.5, 0.6) is 0 Å². The summed E-state index contributed by atoms with van der Waals surface area (Å²) in [6.07, 6.45) is 2.71. The summed E-state index contributed by atoms with van der Waals surface area (Å²) in [7, 11) is 2.18. The molecule has 0 N–H and O–H groups in total. The van der Waals surface area contributed by atoms with Crippen LogP contribution in [0.1, 0.15) is 12.8 Å². The molecule has 0 aliphatic carbocycles. The van der Waals surface area contributed by atoms with E-state index in [0.717, 1.165) is 6.67 Å². The summed E-state index contributed by atoms with van der Waals surface area (Å²) in [5, 5.41) is 0. The molecular formula is C6H13IN2. The average molecular weight is 240 g/mol. The monoisotopic (exact) mass is 240 g/mol. The molecule has 1 saturated heterocycles. The van der Waals surface area contributed by atoms with Crippen LogP contribution < -0.4 is 0 Å². The first-order valence-electron chi connectivity index (χ1n) is 3.38. The van der Waals surface area contributed by atoms with E-state index in [1.807, 2.05) is 0 Å². The van der Waals surface area contributed by atoms with E-state index in [4.69, 9.17) is 0 Å². The SMILES string of the molecule is CN1CCCCN(I)C1. The molecule has 1 heterocycles. The second-order valence-corrected chi connectivity index (χ2v) is 3.98. The van der Waals surface area contributed by atoms with E-state index in [2.05, 4.69) is 37.9 Å². The van der Waals surface area contributed by atoms with Gasteiger partial charge in [0.15, 0.2) is 0 Å². The molecule has 2 nitrogen and oxygen atoms in total. The molecule has 1 fully saturated rings. The van der Waals surface area contributed by atoms with Crippen LogP contribution >= 0.6 is 22.9 Å². The van der Waals surface area contributed by atoms with Gasteiger partial charge >= 0.3 is 0 Å². The molecule has 3 heteroatoms. The van der Waals surface area contributed by atoms with E-state index in [1.165, 1.54) is 25.9 Å². The number of nitrogens with zero attached hydrogens (tertiary/aromatic N) is 2. The van der Waals surface area contributed by atoms with Crippen molar-refractivity contribution in [2.24, 2.45) is 0 Å². The minimum absolute atomic E-state index is 1.13. The van der Waals surface area contributed by atoms with Crippen molar-refractivity contribution < 1.29 is 0 Å². The van der Waals surface area contributed by atoms with Crippen molar-refractivity contribution in [3.63, 3.8) is 0 Å². The highest BCUT2D eigenvalue weighted by atomic mass is 127. The number of halogens is 1. The van der Waals surface area contributed by atoms with Crippen molar-refractivity contribution >= 4 is 22.9 Å². The fraction of sp³-hybridized carbons (Fsp3) is 1.00. The Labute approximate surface area is 70.7 Å². The lowest BCUT2D eigenvalue weighted by Crippen LogP contribution is -2.26. The van der Waals surface area contributed by atoms with Crippen molar-refractivity contribution in [1.82, 2.24) is 8.01 Å². The van der Waals surface area contributed by atoms with Gasteiger partial charge in [-0.25, -0.2) is 3.11 Å². The Kier molecular flexibility index (Phi) is 3.21. The summed E-state index contributed by atoms with van der Waals surface area (Å²) in [5.41, 5.74) is 0. The average Bonchev–Trinajstić information content (AvgIpc) is 1.93. The van der Waals surface area contributed by atoms with E-state index in [-0.39, 0.29) is 0 Å². The maximum absolute atomic E-state index is 2.39.